The van der Waals surface area contributed by atoms with Crippen molar-refractivity contribution < 1.29 is 57.8 Å². The number of benzene rings is 2. The number of carbonyl (C=O) groups excluding carboxylic acids is 2. The summed E-state index contributed by atoms with van der Waals surface area (Å²) < 4.78 is 25.7. The van der Waals surface area contributed by atoms with E-state index in [9.17, 15) is 19.1 Å². The second-order valence-electron chi connectivity index (χ2n) is 9.23. The van der Waals surface area contributed by atoms with Crippen LogP contribution in [0.4, 0.5) is 16.1 Å². The zero-order chi connectivity index (χ0) is 25.5. The maximum Gasteiger partial charge on any atom is 1.00 e. The molecule has 1 aromatic heterocycles. The molecule has 2 heterocycles. The molecule has 1 N–H and O–H groups in total. The summed E-state index contributed by atoms with van der Waals surface area (Å²) in [6.07, 6.45) is 1.33. The number of likely N-dealkylation sites (tertiary alicyclic amines) is 1. The maximum absolute atomic E-state index is 14.2. The minimum absolute atomic E-state index is 0. The number of carboxylic acids is 1. The van der Waals surface area contributed by atoms with Gasteiger partial charge in [0.05, 0.1) is 25.6 Å². The number of para-hydroxylation sites is 1. The molecule has 0 saturated carbocycles. The Labute approximate surface area is 237 Å². The maximum atomic E-state index is 14.2. The molecule has 1 saturated heterocycles. The summed E-state index contributed by atoms with van der Waals surface area (Å²) >= 11 is 0. The van der Waals surface area contributed by atoms with Gasteiger partial charge in [-0.25, -0.2) is 4.39 Å². The van der Waals surface area contributed by atoms with Gasteiger partial charge in [-0.1, -0.05) is 30.7 Å². The topological polar surface area (TPSA) is 108 Å². The van der Waals surface area contributed by atoms with Gasteiger partial charge < -0.3 is 29.3 Å². The average molecular weight is 520 g/mol. The number of ether oxygens (including phenoxy) is 1. The van der Waals surface area contributed by atoms with Gasteiger partial charge in [-0.2, -0.15) is 4.98 Å². The van der Waals surface area contributed by atoms with E-state index in [2.05, 4.69) is 10.3 Å². The van der Waals surface area contributed by atoms with Crippen molar-refractivity contribution in [2.75, 3.05) is 25.1 Å². The van der Waals surface area contributed by atoms with Crippen LogP contribution in [0.25, 0.3) is 11.1 Å². The smallest absolute Gasteiger partial charge is 0.550 e. The number of alkyl halides is 1. The Morgan fingerprint density at radius 1 is 1.22 bits per heavy atom. The molecule has 0 radical (unpaired) electrons. The van der Waals surface area contributed by atoms with Gasteiger partial charge in [-0.3, -0.25) is 4.79 Å². The van der Waals surface area contributed by atoms with Crippen molar-refractivity contribution in [2.24, 2.45) is 0 Å². The van der Waals surface area contributed by atoms with E-state index in [4.69, 9.17) is 9.15 Å². The number of rotatable bonds is 12. The van der Waals surface area contributed by atoms with E-state index in [-0.39, 0.29) is 73.9 Å². The molecule has 8 nitrogen and oxygen atoms in total. The Morgan fingerprint density at radius 2 is 2.03 bits per heavy atom. The standard InChI is InChI=1S/C27H32FN3O5.Na/c1-18-7-4-5-8-22(18)29-27-30-23-11-10-19(13-24(23)36-27)14-25(32)31-16-20(28)15-21(31)17-35-12-6-2-3-9-26(33)34;/h4-5,7-8,10-11,13,20-21H,2-3,6,9,12,14-17H2,1H3,(H,29,30)(H,33,34);/q;+1/p-1/t20-,21-;/m0./s1. The fraction of sp³-hybridized carbons (Fsp3) is 0.444. The molecule has 1 aliphatic heterocycles. The molecular formula is C27H31FN3NaO5. The monoisotopic (exact) mass is 519 g/mol. The predicted octanol–water partition coefficient (Wildman–Crippen LogP) is 0.692. The molecule has 0 aliphatic carbocycles. The number of halogens is 1. The first-order valence-electron chi connectivity index (χ1n) is 12.3. The largest absolute Gasteiger partial charge is 1.00 e. The normalized spacial score (nSPS) is 17.1. The fourth-order valence-corrected chi connectivity index (χ4v) is 4.43. The van der Waals surface area contributed by atoms with Crippen LogP contribution in [0.2, 0.25) is 0 Å². The molecule has 1 aliphatic rings. The molecule has 0 unspecified atom stereocenters. The zero-order valence-electron chi connectivity index (χ0n) is 21.4. The number of aryl methyl sites for hydroxylation is 1. The number of oxazole rings is 1. The number of fused-ring (bicyclic) bond motifs is 1. The van der Waals surface area contributed by atoms with E-state index in [0.717, 1.165) is 23.2 Å². The minimum atomic E-state index is -1.07. The van der Waals surface area contributed by atoms with Crippen LogP contribution in [0.5, 0.6) is 0 Å². The summed E-state index contributed by atoms with van der Waals surface area (Å²) in [6, 6.07) is 13.3. The molecule has 10 heteroatoms. The second-order valence-corrected chi connectivity index (χ2v) is 9.23. The molecule has 2 atom stereocenters. The van der Waals surface area contributed by atoms with Gasteiger partial charge in [0.1, 0.15) is 11.7 Å². The number of unbranched alkanes of at least 4 members (excludes halogenated alkanes) is 2. The van der Waals surface area contributed by atoms with Crippen LogP contribution in [-0.4, -0.2) is 53.7 Å². The molecule has 2 aromatic carbocycles. The van der Waals surface area contributed by atoms with Crippen molar-refractivity contribution in [3.63, 3.8) is 0 Å². The number of hydrogen-bond acceptors (Lipinski definition) is 7. The van der Waals surface area contributed by atoms with Crippen LogP contribution in [0.1, 0.15) is 43.2 Å². The fourth-order valence-electron chi connectivity index (χ4n) is 4.43. The third kappa shape index (κ3) is 8.26. The van der Waals surface area contributed by atoms with Crippen LogP contribution in [0.15, 0.2) is 46.9 Å². The van der Waals surface area contributed by atoms with Crippen LogP contribution in [-0.2, 0) is 20.7 Å². The van der Waals surface area contributed by atoms with E-state index in [1.54, 1.807) is 11.0 Å². The van der Waals surface area contributed by atoms with Gasteiger partial charge >= 0.3 is 29.6 Å². The molecule has 3 aromatic rings. The molecule has 0 bridgehead atoms. The summed E-state index contributed by atoms with van der Waals surface area (Å²) in [7, 11) is 0. The Kier molecular flexibility index (Phi) is 10.9. The summed E-state index contributed by atoms with van der Waals surface area (Å²) in [5.74, 6) is -1.21. The van der Waals surface area contributed by atoms with Gasteiger partial charge in [0.25, 0.3) is 6.01 Å². The van der Waals surface area contributed by atoms with Crippen molar-refractivity contribution in [1.82, 2.24) is 9.88 Å². The van der Waals surface area contributed by atoms with E-state index < -0.39 is 12.1 Å². The number of nitrogens with one attached hydrogen (secondary N) is 1. The molecule has 1 amide bonds. The van der Waals surface area contributed by atoms with Crippen LogP contribution >= 0.6 is 0 Å². The first-order chi connectivity index (χ1) is 17.4. The minimum Gasteiger partial charge on any atom is -0.550 e. The Balaban J connectivity index is 0.00000380. The van der Waals surface area contributed by atoms with Gasteiger partial charge in [0.2, 0.25) is 5.91 Å². The van der Waals surface area contributed by atoms with Crippen molar-refractivity contribution in [2.45, 2.75) is 57.7 Å². The molecule has 4 rings (SSSR count). The summed E-state index contributed by atoms with van der Waals surface area (Å²) in [5, 5.41) is 13.6. The molecule has 192 valence electrons. The third-order valence-electron chi connectivity index (χ3n) is 6.36. The van der Waals surface area contributed by atoms with Gasteiger partial charge in [0, 0.05) is 24.7 Å². The summed E-state index contributed by atoms with van der Waals surface area (Å²) in [4.78, 5) is 29.5. The SMILES string of the molecule is Cc1ccccc1Nc1nc2ccc(CC(=O)N3C[C@@H](F)C[C@H]3COCCCCCC(=O)[O-])cc2o1.[Na+]. The first kappa shape index (κ1) is 29.1. The number of carboxylic acid groups (broad SMARTS) is 1. The molecular weight excluding hydrogens is 488 g/mol. The number of aliphatic carboxylic acids is 1. The Morgan fingerprint density at radius 3 is 2.81 bits per heavy atom. The Hall–Kier alpha value is -2.46. The summed E-state index contributed by atoms with van der Waals surface area (Å²) in [5.41, 5.74) is 3.98. The molecule has 37 heavy (non-hydrogen) atoms. The van der Waals surface area contributed by atoms with Gasteiger partial charge in [0.15, 0.2) is 5.58 Å². The van der Waals surface area contributed by atoms with Crippen molar-refractivity contribution in [1.29, 1.82) is 0 Å². The number of anilines is 2. The van der Waals surface area contributed by atoms with E-state index in [0.29, 0.717) is 36.6 Å². The van der Waals surface area contributed by atoms with E-state index in [1.807, 2.05) is 43.3 Å². The first-order valence-corrected chi connectivity index (χ1v) is 12.3. The number of carbonyl (C=O) groups is 2. The van der Waals surface area contributed by atoms with Crippen molar-refractivity contribution in [3.8, 4) is 0 Å². The number of amides is 1. The zero-order valence-corrected chi connectivity index (χ0v) is 23.4. The average Bonchev–Trinajstić information content (AvgIpc) is 3.41. The third-order valence-corrected chi connectivity index (χ3v) is 6.36. The van der Waals surface area contributed by atoms with Crippen LogP contribution in [0.3, 0.4) is 0 Å². The predicted molar refractivity (Wildman–Crippen MR) is 131 cm³/mol. The Bertz CT molecular complexity index is 1200. The van der Waals surface area contributed by atoms with Crippen LogP contribution in [0, 0.1) is 6.92 Å². The number of hydrogen-bond donors (Lipinski definition) is 1. The van der Waals surface area contributed by atoms with Gasteiger partial charge in [-0.15, -0.1) is 0 Å². The molecule has 1 fully saturated rings. The van der Waals surface area contributed by atoms with Crippen molar-refractivity contribution in [3.05, 3.63) is 53.6 Å². The van der Waals surface area contributed by atoms with Crippen LogP contribution < -0.4 is 40.0 Å². The van der Waals surface area contributed by atoms with E-state index in [1.165, 1.54) is 0 Å². The van der Waals surface area contributed by atoms with Crippen molar-refractivity contribution >= 4 is 34.7 Å². The molecule has 0 spiro atoms. The van der Waals surface area contributed by atoms with Gasteiger partial charge in [-0.05, 0) is 55.5 Å². The number of aromatic nitrogens is 1. The number of nitrogens with zero attached hydrogens (tertiary/aromatic N) is 2. The summed E-state index contributed by atoms with van der Waals surface area (Å²) in [6.45, 7) is 2.77. The quantitative estimate of drug-likeness (QED) is 0.277. The van der Waals surface area contributed by atoms with E-state index >= 15 is 0 Å². The second kappa shape index (κ2) is 13.9.